The maximum Gasteiger partial charge on any atom is 0.573 e. The summed E-state index contributed by atoms with van der Waals surface area (Å²) < 4.78 is 44.6. The van der Waals surface area contributed by atoms with Crippen molar-refractivity contribution in [2.75, 3.05) is 7.11 Å². The number of halogens is 4. The van der Waals surface area contributed by atoms with Gasteiger partial charge in [-0.15, -0.1) is 24.8 Å². The third kappa shape index (κ3) is 3.48. The summed E-state index contributed by atoms with van der Waals surface area (Å²) in [4.78, 5) is 14.1. The van der Waals surface area contributed by atoms with Gasteiger partial charge in [-0.25, -0.2) is 4.98 Å². The Morgan fingerprint density at radius 3 is 2.59 bits per heavy atom. The van der Waals surface area contributed by atoms with E-state index < -0.39 is 17.8 Å². The van der Waals surface area contributed by atoms with E-state index in [0.717, 1.165) is 6.07 Å². The van der Waals surface area contributed by atoms with Crippen LogP contribution in [0.5, 0.6) is 11.6 Å². The molecule has 0 radical (unpaired) electrons. The maximum atomic E-state index is 12.0. The van der Waals surface area contributed by atoms with Crippen molar-refractivity contribution in [2.45, 2.75) is 12.2 Å². The van der Waals surface area contributed by atoms with Crippen LogP contribution in [0.1, 0.15) is 16.1 Å². The molecule has 0 aliphatic carbocycles. The SMILES string of the molecule is COc1nc(C=O)c(OC(F)(F)F)cc1CCl. The van der Waals surface area contributed by atoms with E-state index in [4.69, 9.17) is 16.3 Å². The first-order chi connectivity index (χ1) is 7.91. The van der Waals surface area contributed by atoms with Gasteiger partial charge in [0.25, 0.3) is 0 Å². The number of rotatable bonds is 4. The van der Waals surface area contributed by atoms with Crippen LogP contribution in [0.25, 0.3) is 0 Å². The summed E-state index contributed by atoms with van der Waals surface area (Å²) in [6, 6.07) is 0.968. The minimum Gasteiger partial charge on any atom is -0.481 e. The third-order valence-electron chi connectivity index (χ3n) is 1.73. The van der Waals surface area contributed by atoms with Crippen LogP contribution < -0.4 is 9.47 Å². The monoisotopic (exact) mass is 269 g/mol. The zero-order valence-electron chi connectivity index (χ0n) is 8.55. The van der Waals surface area contributed by atoms with Crippen LogP contribution in [0.2, 0.25) is 0 Å². The third-order valence-corrected chi connectivity index (χ3v) is 2.02. The molecule has 0 saturated carbocycles. The molecule has 8 heteroatoms. The van der Waals surface area contributed by atoms with Crippen LogP contribution >= 0.6 is 11.6 Å². The van der Waals surface area contributed by atoms with Gasteiger partial charge in [-0.1, -0.05) is 0 Å². The average molecular weight is 270 g/mol. The zero-order chi connectivity index (χ0) is 13.1. The van der Waals surface area contributed by atoms with Crippen molar-refractivity contribution >= 4 is 17.9 Å². The number of alkyl halides is 4. The summed E-state index contributed by atoms with van der Waals surface area (Å²) in [5.74, 6) is -0.843. The van der Waals surface area contributed by atoms with Crippen molar-refractivity contribution in [1.29, 1.82) is 0 Å². The van der Waals surface area contributed by atoms with Gasteiger partial charge >= 0.3 is 6.36 Å². The summed E-state index contributed by atoms with van der Waals surface area (Å²) in [5, 5.41) is 0. The lowest BCUT2D eigenvalue weighted by Gasteiger charge is -2.13. The highest BCUT2D eigenvalue weighted by Gasteiger charge is 2.33. The smallest absolute Gasteiger partial charge is 0.481 e. The number of aromatic nitrogens is 1. The highest BCUT2D eigenvalue weighted by Crippen LogP contribution is 2.29. The Morgan fingerprint density at radius 2 is 2.18 bits per heavy atom. The fourth-order valence-corrected chi connectivity index (χ4v) is 1.29. The number of methoxy groups -OCH3 is 1. The molecular weight excluding hydrogens is 263 g/mol. The molecule has 0 unspecified atom stereocenters. The molecule has 4 nitrogen and oxygen atoms in total. The van der Waals surface area contributed by atoms with Gasteiger partial charge in [0.1, 0.15) is 5.69 Å². The minimum absolute atomic E-state index is 0.0170. The zero-order valence-corrected chi connectivity index (χ0v) is 9.30. The number of carbonyl (C=O) groups excluding carboxylic acids is 1. The number of hydrogen-bond donors (Lipinski definition) is 0. The summed E-state index contributed by atoms with van der Waals surface area (Å²) in [7, 11) is 1.26. The Labute approximate surface area is 99.3 Å². The second-order valence-corrected chi connectivity index (χ2v) is 3.11. The standard InChI is InChI=1S/C9H7ClF3NO3/c1-16-8-5(3-10)2-7(6(4-15)14-8)17-9(11,12)13/h2,4H,3H2,1H3. The first-order valence-electron chi connectivity index (χ1n) is 4.26. The van der Waals surface area contributed by atoms with Crippen LogP contribution in [0.4, 0.5) is 13.2 Å². The Bertz CT molecular complexity index is 423. The Morgan fingerprint density at radius 1 is 1.53 bits per heavy atom. The summed E-state index contributed by atoms with van der Waals surface area (Å²) in [5.41, 5.74) is -0.313. The largest absolute Gasteiger partial charge is 0.573 e. The number of nitrogens with zero attached hydrogens (tertiary/aromatic N) is 1. The second-order valence-electron chi connectivity index (χ2n) is 2.84. The molecule has 0 amide bonds. The topological polar surface area (TPSA) is 48.4 Å². The van der Waals surface area contributed by atoms with Crippen molar-refractivity contribution < 1.29 is 27.4 Å². The number of carbonyl (C=O) groups is 1. The quantitative estimate of drug-likeness (QED) is 0.622. The highest BCUT2D eigenvalue weighted by molar-refractivity contribution is 6.17. The highest BCUT2D eigenvalue weighted by atomic mass is 35.5. The lowest BCUT2D eigenvalue weighted by atomic mass is 10.2. The Hall–Kier alpha value is -1.50. The molecule has 1 heterocycles. The van der Waals surface area contributed by atoms with Crippen LogP contribution in [0, 0.1) is 0 Å². The van der Waals surface area contributed by atoms with Crippen LogP contribution in [0.15, 0.2) is 6.07 Å². The van der Waals surface area contributed by atoms with Gasteiger partial charge in [0.2, 0.25) is 5.88 Å². The molecule has 0 saturated heterocycles. The first kappa shape index (κ1) is 13.6. The summed E-state index contributed by atoms with van der Waals surface area (Å²) in [6.45, 7) is 0. The molecule has 0 aliphatic heterocycles. The molecule has 94 valence electrons. The van der Waals surface area contributed by atoms with Gasteiger partial charge in [0.05, 0.1) is 13.0 Å². The number of pyridine rings is 1. The van der Waals surface area contributed by atoms with E-state index in [9.17, 15) is 18.0 Å². The molecule has 0 fully saturated rings. The molecule has 1 aromatic rings. The number of aldehydes is 1. The maximum absolute atomic E-state index is 12.0. The van der Waals surface area contributed by atoms with Crippen molar-refractivity contribution in [3.63, 3.8) is 0 Å². The summed E-state index contributed by atoms with van der Waals surface area (Å²) >= 11 is 5.50. The van der Waals surface area contributed by atoms with Crippen molar-refractivity contribution in [3.05, 3.63) is 17.3 Å². The Kier molecular flexibility index (Phi) is 4.17. The molecule has 17 heavy (non-hydrogen) atoms. The number of ether oxygens (including phenoxy) is 2. The van der Waals surface area contributed by atoms with E-state index in [1.807, 2.05) is 0 Å². The van der Waals surface area contributed by atoms with Gasteiger partial charge in [0.15, 0.2) is 12.0 Å². The molecule has 0 aliphatic rings. The van der Waals surface area contributed by atoms with Gasteiger partial charge in [0, 0.05) is 5.56 Å². The van der Waals surface area contributed by atoms with Gasteiger partial charge in [-0.3, -0.25) is 4.79 Å². The fourth-order valence-electron chi connectivity index (χ4n) is 1.09. The van der Waals surface area contributed by atoms with Crippen molar-refractivity contribution in [1.82, 2.24) is 4.98 Å². The first-order valence-corrected chi connectivity index (χ1v) is 4.79. The van der Waals surface area contributed by atoms with Crippen LogP contribution in [-0.4, -0.2) is 24.7 Å². The number of hydrogen-bond acceptors (Lipinski definition) is 4. The molecule has 0 bridgehead atoms. The second kappa shape index (κ2) is 5.22. The normalized spacial score (nSPS) is 11.1. The molecule has 0 N–H and O–H groups in total. The van der Waals surface area contributed by atoms with E-state index in [-0.39, 0.29) is 23.6 Å². The molecule has 0 atom stereocenters. The van der Waals surface area contributed by atoms with Gasteiger partial charge < -0.3 is 9.47 Å². The fraction of sp³-hybridized carbons (Fsp3) is 0.333. The lowest BCUT2D eigenvalue weighted by molar-refractivity contribution is -0.274. The minimum atomic E-state index is -4.91. The van der Waals surface area contributed by atoms with Crippen LogP contribution in [-0.2, 0) is 5.88 Å². The molecule has 0 spiro atoms. The predicted octanol–water partition coefficient (Wildman–Crippen LogP) is 2.54. The molecular formula is C9H7ClF3NO3. The van der Waals surface area contributed by atoms with E-state index in [1.165, 1.54) is 7.11 Å². The van der Waals surface area contributed by atoms with E-state index in [1.54, 1.807) is 0 Å². The predicted molar refractivity (Wildman–Crippen MR) is 52.4 cm³/mol. The van der Waals surface area contributed by atoms with Crippen molar-refractivity contribution in [3.8, 4) is 11.6 Å². The molecule has 1 aromatic heterocycles. The van der Waals surface area contributed by atoms with Crippen molar-refractivity contribution in [2.24, 2.45) is 0 Å². The average Bonchev–Trinajstić information content (AvgIpc) is 2.26. The molecule has 0 aromatic carbocycles. The van der Waals surface area contributed by atoms with E-state index in [0.29, 0.717) is 0 Å². The van der Waals surface area contributed by atoms with Gasteiger partial charge in [-0.2, -0.15) is 0 Å². The van der Waals surface area contributed by atoms with Crippen LogP contribution in [0.3, 0.4) is 0 Å². The van der Waals surface area contributed by atoms with E-state index in [2.05, 4.69) is 9.72 Å². The Balaban J connectivity index is 3.24. The van der Waals surface area contributed by atoms with Gasteiger partial charge in [-0.05, 0) is 6.07 Å². The lowest BCUT2D eigenvalue weighted by Crippen LogP contribution is -2.19. The summed E-state index contributed by atoms with van der Waals surface area (Å²) in [6.07, 6.45) is -4.76. The van der Waals surface area contributed by atoms with E-state index >= 15 is 0 Å². The molecule has 1 rings (SSSR count).